The van der Waals surface area contributed by atoms with Crippen molar-refractivity contribution in [3.05, 3.63) is 11.6 Å². The molecule has 9 unspecified atom stereocenters. The van der Waals surface area contributed by atoms with Crippen molar-refractivity contribution >= 4 is 24.2 Å². The molecule has 192 valence electrons. The highest BCUT2D eigenvalue weighted by atomic mass is 16.6. The van der Waals surface area contributed by atoms with Crippen LogP contribution in [0.3, 0.4) is 0 Å². The van der Waals surface area contributed by atoms with Gasteiger partial charge in [0.05, 0.1) is 0 Å². The second-order valence-electron chi connectivity index (χ2n) is 11.7. The molecule has 0 aromatic heterocycles. The Hall–Kier alpha value is -2.22. The molecule has 4 fully saturated rings. The molecule has 4 aliphatic carbocycles. The van der Waals surface area contributed by atoms with Crippen molar-refractivity contribution < 1.29 is 38.5 Å². The van der Waals surface area contributed by atoms with Gasteiger partial charge in [-0.25, -0.2) is 4.79 Å². The first-order valence-corrected chi connectivity index (χ1v) is 13.0. The third-order valence-corrected chi connectivity index (χ3v) is 10.4. The van der Waals surface area contributed by atoms with Crippen molar-refractivity contribution in [2.75, 3.05) is 6.61 Å². The summed E-state index contributed by atoms with van der Waals surface area (Å²) in [6.45, 7) is 5.03. The third kappa shape index (κ3) is 3.50. The predicted octanol–water partition coefficient (Wildman–Crippen LogP) is 2.90. The summed E-state index contributed by atoms with van der Waals surface area (Å²) in [6, 6.07) is 0. The van der Waals surface area contributed by atoms with E-state index in [9.17, 15) is 24.3 Å². The molecule has 8 heteroatoms. The lowest BCUT2D eigenvalue weighted by molar-refractivity contribution is -0.238. The van der Waals surface area contributed by atoms with Crippen LogP contribution in [0, 0.1) is 34.5 Å². The van der Waals surface area contributed by atoms with E-state index >= 15 is 0 Å². The van der Waals surface area contributed by atoms with Crippen molar-refractivity contribution in [1.29, 1.82) is 0 Å². The Kier molecular flexibility index (Phi) is 5.89. The predicted molar refractivity (Wildman–Crippen MR) is 123 cm³/mol. The van der Waals surface area contributed by atoms with Gasteiger partial charge in [0, 0.05) is 30.8 Å². The fourth-order valence-electron chi connectivity index (χ4n) is 8.96. The molecule has 0 amide bonds. The lowest BCUT2D eigenvalue weighted by atomic mass is 9.42. The summed E-state index contributed by atoms with van der Waals surface area (Å²) in [5.41, 5.74) is -1.65. The zero-order valence-electron chi connectivity index (χ0n) is 20.8. The van der Waals surface area contributed by atoms with Crippen LogP contribution in [-0.4, -0.2) is 53.7 Å². The quantitative estimate of drug-likeness (QED) is 0.365. The summed E-state index contributed by atoms with van der Waals surface area (Å²) in [5.74, 6) is -1.41. The van der Waals surface area contributed by atoms with E-state index in [1.54, 1.807) is 0 Å². The van der Waals surface area contributed by atoms with E-state index in [1.165, 1.54) is 19.9 Å². The molecule has 8 nitrogen and oxygen atoms in total. The van der Waals surface area contributed by atoms with Crippen LogP contribution >= 0.6 is 0 Å². The van der Waals surface area contributed by atoms with Crippen molar-refractivity contribution in [3.8, 4) is 0 Å². The Morgan fingerprint density at radius 2 is 1.80 bits per heavy atom. The molecule has 1 N–H and O–H groups in total. The highest BCUT2D eigenvalue weighted by Gasteiger charge is 2.73. The van der Waals surface area contributed by atoms with Crippen LogP contribution in [0.2, 0.25) is 0 Å². The monoisotopic (exact) mass is 488 g/mol. The van der Waals surface area contributed by atoms with Crippen LogP contribution in [0.25, 0.3) is 0 Å². The second kappa shape index (κ2) is 8.43. The topological polar surface area (TPSA) is 116 Å². The van der Waals surface area contributed by atoms with Gasteiger partial charge in [-0.2, -0.15) is 0 Å². The highest BCUT2D eigenvalue weighted by Crippen LogP contribution is 2.70. The standard InChI is InChI=1S/C27H36O8/c1-15(29)34-19-6-9-26(14-28)18(11-19)4-5-21-20(26)7-8-25(3)22(17-10-24(31)33-13-17)12-23(27(21,25)32)35-16(2)30/h10,14,18-23,32H,4-9,11-13H2,1-3H3. The van der Waals surface area contributed by atoms with E-state index in [4.69, 9.17) is 14.2 Å². The van der Waals surface area contributed by atoms with Crippen LogP contribution < -0.4 is 0 Å². The molecule has 0 aromatic rings. The molecule has 1 heterocycles. The average molecular weight is 489 g/mol. The van der Waals surface area contributed by atoms with Gasteiger partial charge in [-0.15, -0.1) is 0 Å². The van der Waals surface area contributed by atoms with Gasteiger partial charge in [0.25, 0.3) is 0 Å². The van der Waals surface area contributed by atoms with E-state index in [1.807, 2.05) is 0 Å². The average Bonchev–Trinajstić information content (AvgIpc) is 3.32. The number of ether oxygens (including phenoxy) is 3. The largest absolute Gasteiger partial charge is 0.463 e. The fraction of sp³-hybridized carbons (Fsp3) is 0.778. The first-order valence-electron chi connectivity index (χ1n) is 13.0. The van der Waals surface area contributed by atoms with Crippen molar-refractivity contribution in [1.82, 2.24) is 0 Å². The van der Waals surface area contributed by atoms with Crippen molar-refractivity contribution in [2.24, 2.45) is 34.5 Å². The first-order chi connectivity index (χ1) is 16.5. The number of rotatable bonds is 4. The molecule has 1 aliphatic heterocycles. The van der Waals surface area contributed by atoms with E-state index in [0.717, 1.165) is 24.7 Å². The van der Waals surface area contributed by atoms with E-state index < -0.39 is 28.5 Å². The van der Waals surface area contributed by atoms with Crippen molar-refractivity contribution in [3.63, 3.8) is 0 Å². The van der Waals surface area contributed by atoms with Gasteiger partial charge < -0.3 is 24.1 Å². The number of cyclic esters (lactones) is 1. The molecule has 0 spiro atoms. The maximum atomic E-state index is 12.8. The number of aliphatic hydroxyl groups is 1. The van der Waals surface area contributed by atoms with Crippen LogP contribution in [0.15, 0.2) is 11.6 Å². The molecule has 5 rings (SSSR count). The fourth-order valence-corrected chi connectivity index (χ4v) is 8.96. The Balaban J connectivity index is 1.51. The number of fused-ring (bicyclic) bond motifs is 5. The Bertz CT molecular complexity index is 972. The van der Waals surface area contributed by atoms with Gasteiger partial charge >= 0.3 is 17.9 Å². The highest BCUT2D eigenvalue weighted by molar-refractivity contribution is 5.85. The zero-order chi connectivity index (χ0) is 25.2. The van der Waals surface area contributed by atoms with E-state index in [-0.39, 0.29) is 48.3 Å². The van der Waals surface area contributed by atoms with Gasteiger partial charge in [0.2, 0.25) is 0 Å². The molecule has 0 saturated heterocycles. The summed E-state index contributed by atoms with van der Waals surface area (Å²) < 4.78 is 16.5. The van der Waals surface area contributed by atoms with E-state index in [0.29, 0.717) is 38.5 Å². The Labute approximate surface area is 205 Å². The number of hydrogen-bond donors (Lipinski definition) is 1. The molecule has 0 bridgehead atoms. The van der Waals surface area contributed by atoms with Gasteiger partial charge in [0.15, 0.2) is 0 Å². The maximum absolute atomic E-state index is 12.8. The Morgan fingerprint density at radius 1 is 1.06 bits per heavy atom. The molecule has 5 aliphatic rings. The summed E-state index contributed by atoms with van der Waals surface area (Å²) in [5, 5.41) is 12.6. The maximum Gasteiger partial charge on any atom is 0.331 e. The van der Waals surface area contributed by atoms with Crippen LogP contribution in [0.5, 0.6) is 0 Å². The molecule has 0 aromatic carbocycles. The molecule has 4 saturated carbocycles. The number of carbonyl (C=O) groups is 4. The minimum Gasteiger partial charge on any atom is -0.463 e. The lowest BCUT2D eigenvalue weighted by Gasteiger charge is -2.63. The third-order valence-electron chi connectivity index (χ3n) is 10.4. The summed E-state index contributed by atoms with van der Waals surface area (Å²) in [6.07, 6.45) is 7.02. The molecule has 9 atom stereocenters. The lowest BCUT2D eigenvalue weighted by Crippen LogP contribution is -2.66. The number of aldehydes is 1. The first kappa shape index (κ1) is 24.5. The normalized spacial score (nSPS) is 46.4. The zero-order valence-corrected chi connectivity index (χ0v) is 20.8. The van der Waals surface area contributed by atoms with Gasteiger partial charge in [0.1, 0.15) is 30.7 Å². The van der Waals surface area contributed by atoms with Gasteiger partial charge in [-0.05, 0) is 80.6 Å². The summed E-state index contributed by atoms with van der Waals surface area (Å²) in [4.78, 5) is 48.3. The molecular formula is C27H36O8. The number of carbonyl (C=O) groups excluding carboxylic acids is 4. The number of esters is 3. The van der Waals surface area contributed by atoms with Crippen LogP contribution in [0.1, 0.15) is 72.1 Å². The van der Waals surface area contributed by atoms with E-state index in [2.05, 4.69) is 6.92 Å². The van der Waals surface area contributed by atoms with Crippen LogP contribution in [-0.2, 0) is 33.4 Å². The van der Waals surface area contributed by atoms with Crippen molar-refractivity contribution in [2.45, 2.75) is 89.9 Å². The summed E-state index contributed by atoms with van der Waals surface area (Å²) in [7, 11) is 0. The smallest absolute Gasteiger partial charge is 0.331 e. The molecule has 0 radical (unpaired) electrons. The van der Waals surface area contributed by atoms with Gasteiger partial charge in [-0.1, -0.05) is 6.92 Å². The molecule has 35 heavy (non-hydrogen) atoms. The molecular weight excluding hydrogens is 452 g/mol. The van der Waals surface area contributed by atoms with Gasteiger partial charge in [-0.3, -0.25) is 9.59 Å². The minimum absolute atomic E-state index is 0.0395. The SMILES string of the molecule is CC(=O)OC1CCC2(C=O)C(CCC3C2CCC2(C)C(C4=CC(=O)OC4)CC(OC(C)=O)C32O)C1. The van der Waals surface area contributed by atoms with Crippen LogP contribution in [0.4, 0.5) is 0 Å². The number of hydrogen-bond acceptors (Lipinski definition) is 8. The second-order valence-corrected chi connectivity index (χ2v) is 11.7. The summed E-state index contributed by atoms with van der Waals surface area (Å²) >= 11 is 0. The minimum atomic E-state index is -1.31. The Morgan fingerprint density at radius 3 is 2.43 bits per heavy atom.